The second-order valence-corrected chi connectivity index (χ2v) is 17.3. The normalized spacial score (nSPS) is 23.8. The first-order valence-corrected chi connectivity index (χ1v) is 18.4. The van der Waals surface area contributed by atoms with Crippen molar-refractivity contribution >= 4 is 32.8 Å². The van der Waals surface area contributed by atoms with E-state index < -0.39 is 27.6 Å². The highest BCUT2D eigenvalue weighted by molar-refractivity contribution is 8.53. The van der Waals surface area contributed by atoms with E-state index in [1.165, 1.54) is 4.91 Å². The van der Waals surface area contributed by atoms with Gasteiger partial charge in [-0.15, -0.1) is 10.0 Å². The van der Waals surface area contributed by atoms with Crippen LogP contribution in [0.5, 0.6) is 5.88 Å². The highest BCUT2D eigenvalue weighted by Crippen LogP contribution is 2.78. The van der Waals surface area contributed by atoms with Crippen LogP contribution < -0.4 is 10.1 Å². The standard InChI is InChI=1S/C35H47N5O6S/c1-21(2)30(28-16-29(38-46-28)44-19-24-17-39(18-24)34(43)45-35(5,6)7)33(42)40-15-9-10-27(40)32(41)37-22(3)25-11-13-26(14-12-25)31-23(4)47(31,8)20-36/h11-14,16,21-22,24,27,30H,9-10,15,17-19H2,1-8H3,(H,37,41). The first kappa shape index (κ1) is 34.4. The third-order valence-corrected chi connectivity index (χ3v) is 12.1. The van der Waals surface area contributed by atoms with E-state index in [1.807, 2.05) is 79.0 Å². The van der Waals surface area contributed by atoms with Crippen LogP contribution in [0.15, 0.2) is 39.8 Å². The Labute approximate surface area is 278 Å². The third kappa shape index (κ3) is 7.30. The lowest BCUT2D eigenvalue weighted by Gasteiger charge is -2.39. The average molecular weight is 666 g/mol. The van der Waals surface area contributed by atoms with Crippen molar-refractivity contribution in [3.8, 4) is 11.3 Å². The number of likely N-dealkylation sites (tertiary alicyclic amines) is 2. The average Bonchev–Trinajstić information content (AvgIpc) is 3.39. The number of ether oxygens (including phenoxy) is 2. The zero-order chi connectivity index (χ0) is 34.3. The van der Waals surface area contributed by atoms with E-state index in [2.05, 4.69) is 15.9 Å². The molecule has 11 nitrogen and oxygen atoms in total. The van der Waals surface area contributed by atoms with Gasteiger partial charge in [-0.05, 0) is 80.8 Å². The van der Waals surface area contributed by atoms with Gasteiger partial charge in [0.05, 0.1) is 12.6 Å². The maximum Gasteiger partial charge on any atom is 0.410 e. The van der Waals surface area contributed by atoms with Gasteiger partial charge in [-0.3, -0.25) is 9.59 Å². The molecule has 2 aromatic rings. The molecule has 254 valence electrons. The van der Waals surface area contributed by atoms with Gasteiger partial charge in [-0.2, -0.15) is 5.26 Å². The number of nitrogens with one attached hydrogen (secondary N) is 1. The van der Waals surface area contributed by atoms with Crippen molar-refractivity contribution in [2.75, 3.05) is 32.5 Å². The maximum absolute atomic E-state index is 13.9. The minimum atomic E-state index is -1.41. The summed E-state index contributed by atoms with van der Waals surface area (Å²) >= 11 is 0. The van der Waals surface area contributed by atoms with Gasteiger partial charge in [-0.25, -0.2) is 4.79 Å². The van der Waals surface area contributed by atoms with Crippen LogP contribution in [-0.2, 0) is 14.3 Å². The number of nitriles is 1. The van der Waals surface area contributed by atoms with Crippen LogP contribution in [0.2, 0.25) is 0 Å². The van der Waals surface area contributed by atoms with Crippen LogP contribution in [0, 0.1) is 22.5 Å². The fourth-order valence-corrected chi connectivity index (χ4v) is 8.51. The summed E-state index contributed by atoms with van der Waals surface area (Å²) in [6.07, 6.45) is 3.00. The predicted molar refractivity (Wildman–Crippen MR) is 180 cm³/mol. The molecule has 1 aromatic carbocycles. The molecule has 0 spiro atoms. The number of hydrogen-bond donors (Lipinski definition) is 1. The Morgan fingerprint density at radius 3 is 2.45 bits per heavy atom. The quantitative estimate of drug-likeness (QED) is 0.299. The molecule has 1 N–H and O–H groups in total. The van der Waals surface area contributed by atoms with Crippen molar-refractivity contribution < 1.29 is 28.4 Å². The van der Waals surface area contributed by atoms with Crippen molar-refractivity contribution in [2.45, 2.75) is 84.9 Å². The number of carbonyl (C=O) groups excluding carboxylic acids is 3. The third-order valence-electron chi connectivity index (χ3n) is 9.17. The molecule has 1 aromatic heterocycles. The van der Waals surface area contributed by atoms with Gasteiger partial charge in [0.25, 0.3) is 5.88 Å². The Morgan fingerprint density at radius 1 is 1.17 bits per heavy atom. The molecular formula is C35H47N5O6S. The smallest absolute Gasteiger partial charge is 0.410 e. The van der Waals surface area contributed by atoms with Crippen LogP contribution in [0.1, 0.15) is 90.2 Å². The zero-order valence-corrected chi connectivity index (χ0v) is 29.5. The van der Waals surface area contributed by atoms with Crippen LogP contribution in [0.25, 0.3) is 4.91 Å². The number of allylic oxidation sites excluding steroid dienone is 1. The van der Waals surface area contributed by atoms with Gasteiger partial charge in [0, 0.05) is 36.5 Å². The van der Waals surface area contributed by atoms with Crippen molar-refractivity contribution in [1.29, 1.82) is 5.26 Å². The summed E-state index contributed by atoms with van der Waals surface area (Å²) in [6.45, 7) is 15.3. The van der Waals surface area contributed by atoms with Crippen LogP contribution in [-0.4, -0.2) is 77.0 Å². The molecule has 0 aliphatic carbocycles. The van der Waals surface area contributed by atoms with Gasteiger partial charge in [0.15, 0.2) is 5.76 Å². The van der Waals surface area contributed by atoms with Crippen molar-refractivity contribution in [2.24, 2.45) is 11.8 Å². The van der Waals surface area contributed by atoms with Crippen LogP contribution >= 0.6 is 10.0 Å². The summed E-state index contributed by atoms with van der Waals surface area (Å²) in [5.74, 6) is -0.231. The monoisotopic (exact) mass is 665 g/mol. The highest BCUT2D eigenvalue weighted by atomic mass is 32.3. The van der Waals surface area contributed by atoms with Crippen molar-refractivity contribution in [1.82, 2.24) is 20.3 Å². The molecule has 2 saturated heterocycles. The minimum absolute atomic E-state index is 0.103. The van der Waals surface area contributed by atoms with Gasteiger partial charge in [-0.1, -0.05) is 38.1 Å². The van der Waals surface area contributed by atoms with E-state index in [-0.39, 0.29) is 41.7 Å². The molecule has 2 fully saturated rings. The van der Waals surface area contributed by atoms with Gasteiger partial charge in [0.1, 0.15) is 23.0 Å². The summed E-state index contributed by atoms with van der Waals surface area (Å²) in [7, 11) is -1.41. The zero-order valence-electron chi connectivity index (χ0n) is 28.7. The number of carbonyl (C=O) groups is 3. The lowest BCUT2D eigenvalue weighted by molar-refractivity contribution is -0.141. The number of nitrogens with zero attached hydrogens (tertiary/aromatic N) is 4. The number of thiocyanates is 1. The number of benzene rings is 1. The van der Waals surface area contributed by atoms with Crippen LogP contribution in [0.4, 0.5) is 4.79 Å². The molecule has 5 rings (SSSR count). The number of hydrogen-bond acceptors (Lipinski definition) is 8. The fraction of sp³-hybridized carbons (Fsp3) is 0.571. The first-order chi connectivity index (χ1) is 22.1. The van der Waals surface area contributed by atoms with E-state index in [4.69, 9.17) is 14.0 Å². The van der Waals surface area contributed by atoms with E-state index >= 15 is 0 Å². The summed E-state index contributed by atoms with van der Waals surface area (Å²) in [5.41, 5.74) is 1.48. The summed E-state index contributed by atoms with van der Waals surface area (Å²) in [4.78, 5) is 45.3. The van der Waals surface area contributed by atoms with Crippen molar-refractivity contribution in [3.05, 3.63) is 52.1 Å². The van der Waals surface area contributed by atoms with Crippen molar-refractivity contribution in [3.63, 3.8) is 0 Å². The fourth-order valence-electron chi connectivity index (χ4n) is 6.35. The SMILES string of the molecule is CC1=C(c2ccc(C(C)NC(=O)C3CCCN3C(=O)C(c3cc(OCC4CN(C(=O)OC(C)(C)C)C4)no3)C(C)C)cc2)S1(C)C#N. The molecule has 4 unspecified atom stereocenters. The Balaban J connectivity index is 1.16. The second-order valence-electron chi connectivity index (χ2n) is 14.3. The van der Waals surface area contributed by atoms with Gasteiger partial charge >= 0.3 is 6.09 Å². The largest absolute Gasteiger partial charge is 0.475 e. The minimum Gasteiger partial charge on any atom is -0.475 e. The Bertz CT molecular complexity index is 1580. The number of aromatic nitrogens is 1. The number of amides is 3. The first-order valence-electron chi connectivity index (χ1n) is 16.3. The Kier molecular flexibility index (Phi) is 9.69. The number of rotatable bonds is 10. The van der Waals surface area contributed by atoms with Gasteiger partial charge < -0.3 is 29.1 Å². The van der Waals surface area contributed by atoms with E-state index in [0.29, 0.717) is 38.4 Å². The van der Waals surface area contributed by atoms with E-state index in [1.54, 1.807) is 15.9 Å². The molecule has 3 aliphatic rings. The Hall–Kier alpha value is -3.98. The molecule has 3 amide bonds. The highest BCUT2D eigenvalue weighted by Gasteiger charge is 2.43. The molecule has 4 atom stereocenters. The molecule has 0 saturated carbocycles. The maximum atomic E-state index is 13.9. The summed E-state index contributed by atoms with van der Waals surface area (Å²) < 4.78 is 16.9. The van der Waals surface area contributed by atoms with Gasteiger partial charge in [0.2, 0.25) is 11.8 Å². The Morgan fingerprint density at radius 2 is 1.85 bits per heavy atom. The topological polar surface area (TPSA) is 138 Å². The molecule has 0 radical (unpaired) electrons. The van der Waals surface area contributed by atoms with E-state index in [9.17, 15) is 19.6 Å². The van der Waals surface area contributed by atoms with Crippen LogP contribution in [0.3, 0.4) is 0 Å². The molecule has 4 heterocycles. The summed E-state index contributed by atoms with van der Waals surface area (Å²) in [5, 5.41) is 19.2. The lowest BCUT2D eigenvalue weighted by atomic mass is 9.91. The predicted octanol–water partition coefficient (Wildman–Crippen LogP) is 6.15. The lowest BCUT2D eigenvalue weighted by Crippen LogP contribution is -2.53. The molecular weight excluding hydrogens is 618 g/mol. The van der Waals surface area contributed by atoms with E-state index in [0.717, 1.165) is 22.5 Å². The summed E-state index contributed by atoms with van der Waals surface area (Å²) in [6, 6.07) is 8.86. The molecule has 3 aliphatic heterocycles. The molecule has 0 bridgehead atoms. The molecule has 12 heteroatoms. The molecule has 47 heavy (non-hydrogen) atoms. The second kappa shape index (κ2) is 13.3.